The minimum absolute atomic E-state index is 0. The highest BCUT2D eigenvalue weighted by molar-refractivity contribution is 7.12. The summed E-state index contributed by atoms with van der Waals surface area (Å²) in [6.07, 6.45) is 0. The third kappa shape index (κ3) is 2.95. The first-order valence-corrected chi connectivity index (χ1v) is 5.22. The van der Waals surface area contributed by atoms with E-state index in [-0.39, 0.29) is 30.5 Å². The van der Waals surface area contributed by atoms with Crippen LogP contribution in [0.2, 0.25) is 0 Å². The zero-order valence-electron chi connectivity index (χ0n) is 8.78. The van der Waals surface area contributed by atoms with Gasteiger partial charge in [0, 0.05) is 21.2 Å². The molecule has 1 atom stereocenters. The molecule has 0 fully saturated rings. The van der Waals surface area contributed by atoms with Gasteiger partial charge in [0.05, 0.1) is 6.61 Å². The van der Waals surface area contributed by atoms with Gasteiger partial charge in [0.25, 0.3) is 0 Å². The molecule has 0 radical (unpaired) electrons. The summed E-state index contributed by atoms with van der Waals surface area (Å²) in [7, 11) is 0. The van der Waals surface area contributed by atoms with E-state index in [2.05, 4.69) is 13.0 Å². The molecule has 82 valence electrons. The number of aryl methyl sites for hydroxylation is 1. The first kappa shape index (κ1) is 13.9. The molecule has 0 aliphatic heterocycles. The van der Waals surface area contributed by atoms with Crippen molar-refractivity contribution >= 4 is 23.7 Å². The third-order valence-electron chi connectivity index (χ3n) is 2.32. The molecule has 3 N–H and O–H groups in total. The van der Waals surface area contributed by atoms with Crippen LogP contribution in [0.4, 0.5) is 0 Å². The van der Waals surface area contributed by atoms with Crippen molar-refractivity contribution in [3.63, 3.8) is 0 Å². The second-order valence-electron chi connectivity index (χ2n) is 4.07. The first-order valence-electron chi connectivity index (χ1n) is 4.40. The predicted octanol–water partition coefficient (Wildman–Crippen LogP) is 2.50. The Kier molecular flexibility index (Phi) is 5.09. The monoisotopic (exact) mass is 235 g/mol. The van der Waals surface area contributed by atoms with Gasteiger partial charge in [0.1, 0.15) is 0 Å². The van der Waals surface area contributed by atoms with E-state index in [1.807, 2.05) is 19.9 Å². The van der Waals surface area contributed by atoms with E-state index in [9.17, 15) is 0 Å². The summed E-state index contributed by atoms with van der Waals surface area (Å²) in [5, 5.41) is 9.16. The Morgan fingerprint density at radius 2 is 2.07 bits per heavy atom. The molecule has 0 bridgehead atoms. The molecule has 1 aromatic rings. The van der Waals surface area contributed by atoms with Gasteiger partial charge >= 0.3 is 0 Å². The summed E-state index contributed by atoms with van der Waals surface area (Å²) in [4.78, 5) is 2.41. The number of rotatable bonds is 3. The van der Waals surface area contributed by atoms with Crippen molar-refractivity contribution in [3.05, 3.63) is 21.9 Å². The van der Waals surface area contributed by atoms with E-state index in [0.29, 0.717) is 0 Å². The summed E-state index contributed by atoms with van der Waals surface area (Å²) >= 11 is 1.70. The van der Waals surface area contributed by atoms with Crippen LogP contribution in [0.1, 0.15) is 29.6 Å². The zero-order valence-corrected chi connectivity index (χ0v) is 10.4. The molecule has 0 unspecified atom stereocenters. The maximum atomic E-state index is 9.16. The molecule has 0 aromatic carbocycles. The topological polar surface area (TPSA) is 46.2 Å². The van der Waals surface area contributed by atoms with Crippen molar-refractivity contribution in [2.24, 2.45) is 11.1 Å². The molecular weight excluding hydrogens is 218 g/mol. The Morgan fingerprint density at radius 3 is 2.43 bits per heavy atom. The Hall–Kier alpha value is -0.0900. The van der Waals surface area contributed by atoms with Crippen LogP contribution in [0.3, 0.4) is 0 Å². The maximum absolute atomic E-state index is 9.16. The van der Waals surface area contributed by atoms with Crippen molar-refractivity contribution in [3.8, 4) is 0 Å². The lowest BCUT2D eigenvalue weighted by molar-refractivity contribution is 0.133. The molecule has 4 heteroatoms. The molecule has 0 aliphatic rings. The standard InChI is InChI=1S/C10H17NOS.ClH/c1-7-4-5-8(13-7)9(11)10(2,3)6-12;/h4-5,9,12H,6,11H2,1-3H3;1H/t9-;/m1./s1. The number of aliphatic hydroxyl groups is 1. The lowest BCUT2D eigenvalue weighted by Gasteiger charge is -2.28. The molecule has 0 saturated carbocycles. The Bertz CT molecular complexity index is 285. The average molecular weight is 236 g/mol. The largest absolute Gasteiger partial charge is 0.396 e. The predicted molar refractivity (Wildman–Crippen MR) is 64.1 cm³/mol. The smallest absolute Gasteiger partial charge is 0.0500 e. The number of nitrogens with two attached hydrogens (primary N) is 1. The molecular formula is C10H18ClNOS. The SMILES string of the molecule is Cc1ccc([C@@H](N)C(C)(C)CO)s1.Cl. The number of hydrogen-bond donors (Lipinski definition) is 2. The summed E-state index contributed by atoms with van der Waals surface area (Å²) in [5.41, 5.74) is 5.81. The fourth-order valence-corrected chi connectivity index (χ4v) is 2.19. The lowest BCUT2D eigenvalue weighted by atomic mass is 9.85. The van der Waals surface area contributed by atoms with Crippen LogP contribution in [0.15, 0.2) is 12.1 Å². The van der Waals surface area contributed by atoms with Crippen molar-refractivity contribution in [1.29, 1.82) is 0 Å². The van der Waals surface area contributed by atoms with Gasteiger partial charge in [-0.2, -0.15) is 0 Å². The fraction of sp³-hybridized carbons (Fsp3) is 0.600. The molecule has 1 heterocycles. The van der Waals surface area contributed by atoms with Crippen LogP contribution >= 0.6 is 23.7 Å². The maximum Gasteiger partial charge on any atom is 0.0500 e. The van der Waals surface area contributed by atoms with Crippen molar-refractivity contribution in [2.75, 3.05) is 6.61 Å². The van der Waals surface area contributed by atoms with E-state index in [1.165, 1.54) is 4.88 Å². The van der Waals surface area contributed by atoms with E-state index in [0.717, 1.165) is 4.88 Å². The van der Waals surface area contributed by atoms with Gasteiger partial charge in [0.15, 0.2) is 0 Å². The molecule has 1 rings (SSSR count). The number of halogens is 1. The van der Waals surface area contributed by atoms with Crippen molar-refractivity contribution in [1.82, 2.24) is 0 Å². The minimum atomic E-state index is -0.239. The Morgan fingerprint density at radius 1 is 1.50 bits per heavy atom. The van der Waals surface area contributed by atoms with Gasteiger partial charge in [-0.05, 0) is 19.1 Å². The van der Waals surface area contributed by atoms with Crippen LogP contribution in [-0.4, -0.2) is 11.7 Å². The quantitative estimate of drug-likeness (QED) is 0.846. The number of thiophene rings is 1. The zero-order chi connectivity index (χ0) is 10.1. The van der Waals surface area contributed by atoms with Crippen LogP contribution in [0.25, 0.3) is 0 Å². The Labute approximate surface area is 95.5 Å². The highest BCUT2D eigenvalue weighted by atomic mass is 35.5. The molecule has 0 spiro atoms. The lowest BCUT2D eigenvalue weighted by Crippen LogP contribution is -2.31. The highest BCUT2D eigenvalue weighted by Crippen LogP contribution is 2.34. The summed E-state index contributed by atoms with van der Waals surface area (Å²) in [5.74, 6) is 0. The van der Waals surface area contributed by atoms with Gasteiger partial charge in [0.2, 0.25) is 0 Å². The van der Waals surface area contributed by atoms with Crippen LogP contribution in [-0.2, 0) is 0 Å². The summed E-state index contributed by atoms with van der Waals surface area (Å²) in [6.45, 7) is 6.14. The van der Waals surface area contributed by atoms with Crippen molar-refractivity contribution in [2.45, 2.75) is 26.8 Å². The van der Waals surface area contributed by atoms with Crippen LogP contribution < -0.4 is 5.73 Å². The van der Waals surface area contributed by atoms with Gasteiger partial charge in [-0.1, -0.05) is 13.8 Å². The second-order valence-corrected chi connectivity index (χ2v) is 5.39. The molecule has 2 nitrogen and oxygen atoms in total. The molecule has 1 aromatic heterocycles. The summed E-state index contributed by atoms with van der Waals surface area (Å²) in [6, 6.07) is 4.03. The minimum Gasteiger partial charge on any atom is -0.396 e. The first-order chi connectivity index (χ1) is 5.97. The number of aliphatic hydroxyl groups excluding tert-OH is 1. The third-order valence-corrected chi connectivity index (χ3v) is 3.40. The fourth-order valence-electron chi connectivity index (χ4n) is 1.10. The second kappa shape index (κ2) is 5.12. The Balaban J connectivity index is 0.00000169. The molecule has 0 saturated heterocycles. The normalized spacial score (nSPS) is 13.5. The van der Waals surface area contributed by atoms with Crippen LogP contribution in [0, 0.1) is 12.3 Å². The average Bonchev–Trinajstić information content (AvgIpc) is 2.50. The van der Waals surface area contributed by atoms with E-state index in [4.69, 9.17) is 10.8 Å². The summed E-state index contributed by atoms with van der Waals surface area (Å²) < 4.78 is 0. The van der Waals surface area contributed by atoms with Crippen LogP contribution in [0.5, 0.6) is 0 Å². The van der Waals surface area contributed by atoms with Gasteiger partial charge in [-0.25, -0.2) is 0 Å². The molecule has 0 aliphatic carbocycles. The van der Waals surface area contributed by atoms with Crippen molar-refractivity contribution < 1.29 is 5.11 Å². The molecule has 14 heavy (non-hydrogen) atoms. The number of hydrogen-bond acceptors (Lipinski definition) is 3. The van der Waals surface area contributed by atoms with E-state index >= 15 is 0 Å². The van der Waals surface area contributed by atoms with Gasteiger partial charge in [-0.3, -0.25) is 0 Å². The van der Waals surface area contributed by atoms with Gasteiger partial charge in [-0.15, -0.1) is 23.7 Å². The van der Waals surface area contributed by atoms with Gasteiger partial charge < -0.3 is 10.8 Å². The van der Waals surface area contributed by atoms with E-state index < -0.39 is 0 Å². The highest BCUT2D eigenvalue weighted by Gasteiger charge is 2.27. The molecule has 0 amide bonds. The van der Waals surface area contributed by atoms with E-state index in [1.54, 1.807) is 11.3 Å².